The van der Waals surface area contributed by atoms with Crippen LogP contribution in [0.4, 0.5) is 0 Å². The molecule has 2 aromatic rings. The lowest BCUT2D eigenvalue weighted by molar-refractivity contribution is 0.573. The molecule has 0 aliphatic rings. The van der Waals surface area contributed by atoms with Crippen LogP contribution in [0, 0.1) is 6.92 Å². The minimum atomic E-state index is -3.15. The fraction of sp³-hybridized carbons (Fsp3) is 0.538. The molecule has 1 N–H and O–H groups in total. The van der Waals surface area contributed by atoms with Crippen molar-refractivity contribution in [3.05, 3.63) is 23.7 Å². The van der Waals surface area contributed by atoms with Crippen LogP contribution in [0.25, 0.3) is 11.2 Å². The van der Waals surface area contributed by atoms with Gasteiger partial charge in [0.25, 0.3) is 0 Å². The van der Waals surface area contributed by atoms with Crippen molar-refractivity contribution in [1.82, 2.24) is 19.3 Å². The summed E-state index contributed by atoms with van der Waals surface area (Å²) in [6, 6.07) is 1.99. The molecule has 0 amide bonds. The number of rotatable bonds is 7. The number of hydrogen-bond donors (Lipinski definition) is 1. The van der Waals surface area contributed by atoms with Crippen LogP contribution in [-0.4, -0.2) is 41.6 Å². The largest absolute Gasteiger partial charge is 0.313 e. The van der Waals surface area contributed by atoms with Gasteiger partial charge < -0.3 is 4.57 Å². The van der Waals surface area contributed by atoms with Crippen LogP contribution in [0.2, 0.25) is 0 Å². The minimum absolute atomic E-state index is 0.394. The van der Waals surface area contributed by atoms with E-state index in [0.29, 0.717) is 31.8 Å². The van der Waals surface area contributed by atoms with Gasteiger partial charge in [-0.1, -0.05) is 0 Å². The van der Waals surface area contributed by atoms with Gasteiger partial charge in [-0.15, -0.1) is 11.6 Å². The van der Waals surface area contributed by atoms with E-state index < -0.39 is 10.0 Å². The topological polar surface area (TPSA) is 76.9 Å². The monoisotopic (exact) mass is 330 g/mol. The summed E-state index contributed by atoms with van der Waals surface area (Å²) in [6.45, 7) is 3.02. The van der Waals surface area contributed by atoms with E-state index in [2.05, 4.69) is 14.7 Å². The third-order valence-corrected chi connectivity index (χ3v) is 3.96. The summed E-state index contributed by atoms with van der Waals surface area (Å²) in [4.78, 5) is 9.00. The lowest BCUT2D eigenvalue weighted by Crippen LogP contribution is -2.24. The van der Waals surface area contributed by atoms with Crippen molar-refractivity contribution in [3.8, 4) is 0 Å². The van der Waals surface area contributed by atoms with Crippen molar-refractivity contribution in [2.45, 2.75) is 26.3 Å². The number of imidazole rings is 1. The Morgan fingerprint density at radius 2 is 2.19 bits per heavy atom. The molecule has 0 unspecified atom stereocenters. The molecule has 0 bridgehead atoms. The highest BCUT2D eigenvalue weighted by Crippen LogP contribution is 2.16. The Kier molecular flexibility index (Phi) is 5.18. The summed E-state index contributed by atoms with van der Waals surface area (Å²) >= 11 is 5.82. The standard InChI is InChI=1S/C13H19ClN4O2S/c1-10-8-11-13(15-9-10)18(12(17-11)4-5-14)7-3-6-16-21(2,19)20/h8-9,16H,3-7H2,1-2H3. The summed E-state index contributed by atoms with van der Waals surface area (Å²) in [5.41, 5.74) is 2.73. The molecular formula is C13H19ClN4O2S. The van der Waals surface area contributed by atoms with E-state index in [1.165, 1.54) is 0 Å². The number of nitrogens with one attached hydrogen (secondary N) is 1. The average molecular weight is 331 g/mol. The predicted molar refractivity (Wildman–Crippen MR) is 84.2 cm³/mol. The molecular weight excluding hydrogens is 312 g/mol. The molecule has 0 saturated heterocycles. The molecule has 0 atom stereocenters. The second-order valence-electron chi connectivity index (χ2n) is 4.99. The van der Waals surface area contributed by atoms with E-state index >= 15 is 0 Å². The predicted octanol–water partition coefficient (Wildman–Crippen LogP) is 1.46. The van der Waals surface area contributed by atoms with Crippen molar-refractivity contribution in [1.29, 1.82) is 0 Å². The molecule has 0 fully saturated rings. The Balaban J connectivity index is 2.18. The first kappa shape index (κ1) is 16.2. The third kappa shape index (κ3) is 4.39. The molecule has 0 aliphatic carbocycles. The van der Waals surface area contributed by atoms with Gasteiger partial charge in [0.15, 0.2) is 5.65 Å². The van der Waals surface area contributed by atoms with Crippen LogP contribution in [0.1, 0.15) is 17.8 Å². The zero-order valence-corrected chi connectivity index (χ0v) is 13.7. The van der Waals surface area contributed by atoms with Crippen LogP contribution in [0.5, 0.6) is 0 Å². The van der Waals surface area contributed by atoms with E-state index in [0.717, 1.165) is 28.8 Å². The molecule has 116 valence electrons. The summed E-state index contributed by atoms with van der Waals surface area (Å²) in [5, 5.41) is 0. The van der Waals surface area contributed by atoms with E-state index in [1.54, 1.807) is 6.20 Å². The number of fused-ring (bicyclic) bond motifs is 1. The van der Waals surface area contributed by atoms with E-state index in [1.807, 2.05) is 17.6 Å². The van der Waals surface area contributed by atoms with Gasteiger partial charge in [0.05, 0.1) is 6.26 Å². The quantitative estimate of drug-likeness (QED) is 0.616. The molecule has 0 aromatic carbocycles. The Hall–Kier alpha value is -1.18. The zero-order valence-electron chi connectivity index (χ0n) is 12.1. The maximum Gasteiger partial charge on any atom is 0.208 e. The van der Waals surface area contributed by atoms with Crippen LogP contribution in [-0.2, 0) is 23.0 Å². The number of hydrogen-bond acceptors (Lipinski definition) is 4. The first-order chi connectivity index (χ1) is 9.90. The van der Waals surface area contributed by atoms with Crippen LogP contribution < -0.4 is 4.72 Å². The molecule has 2 rings (SSSR count). The van der Waals surface area contributed by atoms with Gasteiger partial charge >= 0.3 is 0 Å². The fourth-order valence-corrected chi connectivity index (χ4v) is 2.85. The number of aromatic nitrogens is 3. The molecule has 0 aliphatic heterocycles. The minimum Gasteiger partial charge on any atom is -0.313 e. The second-order valence-corrected chi connectivity index (χ2v) is 7.21. The number of nitrogens with zero attached hydrogens (tertiary/aromatic N) is 3. The maximum atomic E-state index is 11.1. The van der Waals surface area contributed by atoms with Crippen molar-refractivity contribution in [2.24, 2.45) is 0 Å². The first-order valence-electron chi connectivity index (χ1n) is 6.73. The van der Waals surface area contributed by atoms with Gasteiger partial charge in [-0.2, -0.15) is 0 Å². The van der Waals surface area contributed by atoms with Crippen LogP contribution in [0.3, 0.4) is 0 Å². The summed E-state index contributed by atoms with van der Waals surface area (Å²) in [5.74, 6) is 1.38. The van der Waals surface area contributed by atoms with Crippen molar-refractivity contribution in [3.63, 3.8) is 0 Å². The normalized spacial score (nSPS) is 12.1. The number of alkyl halides is 1. The number of sulfonamides is 1. The van der Waals surface area contributed by atoms with Gasteiger partial charge in [0.1, 0.15) is 11.3 Å². The van der Waals surface area contributed by atoms with E-state index in [9.17, 15) is 8.42 Å². The van der Waals surface area contributed by atoms with Crippen molar-refractivity contribution < 1.29 is 8.42 Å². The lowest BCUT2D eigenvalue weighted by Gasteiger charge is -2.08. The number of aryl methyl sites for hydroxylation is 3. The van der Waals surface area contributed by atoms with E-state index in [4.69, 9.17) is 11.6 Å². The third-order valence-electron chi connectivity index (χ3n) is 3.04. The van der Waals surface area contributed by atoms with Gasteiger partial charge in [-0.25, -0.2) is 23.1 Å². The van der Waals surface area contributed by atoms with Crippen molar-refractivity contribution >= 4 is 32.8 Å². The smallest absolute Gasteiger partial charge is 0.208 e. The number of halogens is 1. The Morgan fingerprint density at radius 3 is 2.86 bits per heavy atom. The highest BCUT2D eigenvalue weighted by molar-refractivity contribution is 7.88. The molecule has 0 radical (unpaired) electrons. The van der Waals surface area contributed by atoms with Gasteiger partial charge in [0, 0.05) is 31.6 Å². The van der Waals surface area contributed by atoms with Crippen LogP contribution in [0.15, 0.2) is 12.3 Å². The van der Waals surface area contributed by atoms with Crippen molar-refractivity contribution in [2.75, 3.05) is 18.7 Å². The molecule has 0 spiro atoms. The lowest BCUT2D eigenvalue weighted by atomic mass is 10.3. The average Bonchev–Trinajstić information content (AvgIpc) is 2.71. The Morgan fingerprint density at radius 1 is 1.43 bits per heavy atom. The molecule has 21 heavy (non-hydrogen) atoms. The molecule has 8 heteroatoms. The van der Waals surface area contributed by atoms with E-state index in [-0.39, 0.29) is 0 Å². The van der Waals surface area contributed by atoms with Gasteiger partial charge in [0.2, 0.25) is 10.0 Å². The first-order valence-corrected chi connectivity index (χ1v) is 9.15. The molecule has 6 nitrogen and oxygen atoms in total. The SMILES string of the molecule is Cc1cnc2c(c1)nc(CCCl)n2CCCNS(C)(=O)=O. The maximum absolute atomic E-state index is 11.1. The van der Waals surface area contributed by atoms with Gasteiger partial charge in [-0.05, 0) is 25.0 Å². The van der Waals surface area contributed by atoms with Crippen LogP contribution >= 0.6 is 11.6 Å². The Labute approximate surface area is 129 Å². The molecule has 2 aromatic heterocycles. The summed E-state index contributed by atoms with van der Waals surface area (Å²) in [7, 11) is -3.15. The molecule has 2 heterocycles. The summed E-state index contributed by atoms with van der Waals surface area (Å²) < 4.78 is 26.6. The Bertz CT molecular complexity index is 727. The number of pyridine rings is 1. The second kappa shape index (κ2) is 6.72. The van der Waals surface area contributed by atoms with Gasteiger partial charge in [-0.3, -0.25) is 0 Å². The zero-order chi connectivity index (χ0) is 15.5. The highest BCUT2D eigenvalue weighted by atomic mass is 35.5. The summed E-state index contributed by atoms with van der Waals surface area (Å²) in [6.07, 6.45) is 4.29. The highest BCUT2D eigenvalue weighted by Gasteiger charge is 2.11. The molecule has 0 saturated carbocycles. The fourth-order valence-electron chi connectivity index (χ4n) is 2.16.